The van der Waals surface area contributed by atoms with Crippen molar-refractivity contribution in [3.63, 3.8) is 0 Å². The van der Waals surface area contributed by atoms with Crippen LogP contribution in [0.4, 0.5) is 0 Å². The van der Waals surface area contributed by atoms with E-state index >= 15 is 0 Å². The zero-order valence-electron chi connectivity index (χ0n) is 8.94. The zero-order valence-corrected chi connectivity index (χ0v) is 9.76. The summed E-state index contributed by atoms with van der Waals surface area (Å²) in [6, 6.07) is 4.13. The number of nitrogens with one attached hydrogen (secondary N) is 1. The van der Waals surface area contributed by atoms with E-state index in [0.29, 0.717) is 0 Å². The second-order valence-electron chi connectivity index (χ2n) is 3.53. The summed E-state index contributed by atoms with van der Waals surface area (Å²) in [4.78, 5) is 0. The van der Waals surface area contributed by atoms with Crippen molar-refractivity contribution in [3.8, 4) is 0 Å². The number of likely N-dealkylation sites (N-methyl/N-ethyl adjacent to an activating group) is 1. The van der Waals surface area contributed by atoms with Crippen molar-refractivity contribution < 1.29 is 9.15 Å². The van der Waals surface area contributed by atoms with Gasteiger partial charge >= 0.3 is 0 Å². The smallest absolute Gasteiger partial charge is 0.123 e. The summed E-state index contributed by atoms with van der Waals surface area (Å²) in [6.07, 6.45) is 1.95. The first-order valence-corrected chi connectivity index (χ1v) is 6.53. The Hall–Kier alpha value is -0.450. The highest BCUT2D eigenvalue weighted by Crippen LogP contribution is 2.25. The van der Waals surface area contributed by atoms with Crippen LogP contribution in [0.3, 0.4) is 0 Å². The van der Waals surface area contributed by atoms with Gasteiger partial charge in [-0.2, -0.15) is 11.8 Å². The summed E-state index contributed by atoms with van der Waals surface area (Å²) < 4.78 is 11.2. The van der Waals surface area contributed by atoms with Gasteiger partial charge in [-0.15, -0.1) is 0 Å². The lowest BCUT2D eigenvalue weighted by molar-refractivity contribution is 0.0414. The molecule has 0 radical (unpaired) electrons. The van der Waals surface area contributed by atoms with Gasteiger partial charge < -0.3 is 14.5 Å². The molecule has 1 fully saturated rings. The molecule has 0 bridgehead atoms. The summed E-state index contributed by atoms with van der Waals surface area (Å²) in [5, 5.41) is 3.42. The van der Waals surface area contributed by atoms with Crippen LogP contribution in [0.25, 0.3) is 0 Å². The molecule has 2 rings (SSSR count). The quantitative estimate of drug-likeness (QED) is 0.854. The van der Waals surface area contributed by atoms with E-state index in [2.05, 4.69) is 12.2 Å². The summed E-state index contributed by atoms with van der Waals surface area (Å²) >= 11 is 1.95. The number of ether oxygens (including phenoxy) is 1. The number of thioether (sulfide) groups is 1. The lowest BCUT2D eigenvalue weighted by Crippen LogP contribution is -2.37. The maximum Gasteiger partial charge on any atom is 0.123 e. The predicted molar refractivity (Wildman–Crippen MR) is 62.2 cm³/mol. The molecule has 1 aromatic rings. The molecule has 84 valence electrons. The van der Waals surface area contributed by atoms with Crippen molar-refractivity contribution >= 4 is 11.8 Å². The van der Waals surface area contributed by atoms with Crippen LogP contribution in [0.2, 0.25) is 0 Å². The van der Waals surface area contributed by atoms with Gasteiger partial charge in [0.2, 0.25) is 0 Å². The van der Waals surface area contributed by atoms with Crippen molar-refractivity contribution in [1.82, 2.24) is 5.32 Å². The van der Waals surface area contributed by atoms with Gasteiger partial charge in [0.15, 0.2) is 0 Å². The summed E-state index contributed by atoms with van der Waals surface area (Å²) in [5.74, 6) is 3.12. The number of hydrogen-bond donors (Lipinski definition) is 1. The molecule has 3 nitrogen and oxygen atoms in total. The Balaban J connectivity index is 2.04. The summed E-state index contributed by atoms with van der Waals surface area (Å²) in [6.45, 7) is 3.87. The Morgan fingerprint density at radius 1 is 1.67 bits per heavy atom. The Bertz CT molecular complexity index is 270. The van der Waals surface area contributed by atoms with E-state index in [9.17, 15) is 0 Å². The standard InChI is InChI=1S/C11H17NO2S/c1-2-12-11(9-4-3-5-13-9)10-8-15-7-6-14-10/h3-5,10-12H,2,6-8H2,1H3. The molecular formula is C11H17NO2S. The van der Waals surface area contributed by atoms with Gasteiger partial charge in [-0.05, 0) is 18.7 Å². The van der Waals surface area contributed by atoms with Gasteiger partial charge in [0.05, 0.1) is 25.0 Å². The fourth-order valence-corrected chi connectivity index (χ4v) is 2.70. The fraction of sp³-hybridized carbons (Fsp3) is 0.636. The van der Waals surface area contributed by atoms with Crippen molar-refractivity contribution in [3.05, 3.63) is 24.2 Å². The van der Waals surface area contributed by atoms with E-state index in [4.69, 9.17) is 9.15 Å². The monoisotopic (exact) mass is 227 g/mol. The van der Waals surface area contributed by atoms with E-state index in [-0.39, 0.29) is 12.1 Å². The number of hydrogen-bond acceptors (Lipinski definition) is 4. The Kier molecular flexibility index (Phi) is 4.11. The van der Waals surface area contributed by atoms with Crippen LogP contribution in [-0.4, -0.2) is 30.8 Å². The van der Waals surface area contributed by atoms with E-state index in [1.54, 1.807) is 6.26 Å². The highest BCUT2D eigenvalue weighted by Gasteiger charge is 2.27. The lowest BCUT2D eigenvalue weighted by Gasteiger charge is -2.29. The number of furan rings is 1. The third-order valence-electron chi connectivity index (χ3n) is 2.49. The van der Waals surface area contributed by atoms with Gasteiger partial charge in [-0.3, -0.25) is 0 Å². The minimum atomic E-state index is 0.192. The van der Waals surface area contributed by atoms with Crippen LogP contribution < -0.4 is 5.32 Å². The predicted octanol–water partition coefficient (Wildman–Crippen LogP) is 2.06. The van der Waals surface area contributed by atoms with Gasteiger partial charge in [-0.1, -0.05) is 6.92 Å². The molecule has 0 spiro atoms. The van der Waals surface area contributed by atoms with Gasteiger partial charge in [0.25, 0.3) is 0 Å². The summed E-state index contributed by atoms with van der Waals surface area (Å²) in [7, 11) is 0. The second-order valence-corrected chi connectivity index (χ2v) is 4.68. The van der Waals surface area contributed by atoms with E-state index in [0.717, 1.165) is 30.4 Å². The van der Waals surface area contributed by atoms with Crippen LogP contribution in [0.5, 0.6) is 0 Å². The molecular weight excluding hydrogens is 210 g/mol. The molecule has 1 aliphatic rings. The molecule has 1 aliphatic heterocycles. The molecule has 1 saturated heterocycles. The highest BCUT2D eigenvalue weighted by molar-refractivity contribution is 7.99. The topological polar surface area (TPSA) is 34.4 Å². The first kappa shape index (κ1) is 11.0. The normalized spacial score (nSPS) is 23.9. The van der Waals surface area contributed by atoms with Gasteiger partial charge in [-0.25, -0.2) is 0 Å². The molecule has 0 saturated carbocycles. The first-order chi connectivity index (χ1) is 7.42. The molecule has 4 heteroatoms. The Morgan fingerprint density at radius 3 is 3.20 bits per heavy atom. The lowest BCUT2D eigenvalue weighted by atomic mass is 10.1. The Morgan fingerprint density at radius 2 is 2.60 bits per heavy atom. The molecule has 0 aliphatic carbocycles. The average molecular weight is 227 g/mol. The number of rotatable bonds is 4. The minimum absolute atomic E-state index is 0.192. The fourth-order valence-electron chi connectivity index (χ4n) is 1.80. The first-order valence-electron chi connectivity index (χ1n) is 5.38. The SMILES string of the molecule is CCNC(c1ccco1)C1CSCCO1. The average Bonchev–Trinajstić information content (AvgIpc) is 2.80. The van der Waals surface area contributed by atoms with Crippen molar-refractivity contribution in [2.45, 2.75) is 19.1 Å². The van der Waals surface area contributed by atoms with E-state index in [1.807, 2.05) is 23.9 Å². The van der Waals surface area contributed by atoms with Crippen LogP contribution in [0.15, 0.2) is 22.8 Å². The van der Waals surface area contributed by atoms with Crippen molar-refractivity contribution in [1.29, 1.82) is 0 Å². The zero-order chi connectivity index (χ0) is 10.5. The van der Waals surface area contributed by atoms with Gasteiger partial charge in [0.1, 0.15) is 5.76 Å². The third-order valence-corrected chi connectivity index (χ3v) is 3.51. The van der Waals surface area contributed by atoms with Crippen LogP contribution >= 0.6 is 11.8 Å². The highest BCUT2D eigenvalue weighted by atomic mass is 32.2. The van der Waals surface area contributed by atoms with Gasteiger partial charge in [0, 0.05) is 11.5 Å². The van der Waals surface area contributed by atoms with E-state index < -0.39 is 0 Å². The van der Waals surface area contributed by atoms with Crippen molar-refractivity contribution in [2.75, 3.05) is 24.7 Å². The van der Waals surface area contributed by atoms with Crippen LogP contribution in [0.1, 0.15) is 18.7 Å². The summed E-state index contributed by atoms with van der Waals surface area (Å²) in [5.41, 5.74) is 0. The largest absolute Gasteiger partial charge is 0.468 e. The Labute approximate surface area is 94.6 Å². The molecule has 1 N–H and O–H groups in total. The minimum Gasteiger partial charge on any atom is -0.468 e. The maximum atomic E-state index is 5.77. The molecule has 2 atom stereocenters. The molecule has 1 aromatic heterocycles. The second kappa shape index (κ2) is 5.58. The third kappa shape index (κ3) is 2.77. The molecule has 2 heterocycles. The molecule has 2 unspecified atom stereocenters. The van der Waals surface area contributed by atoms with Crippen LogP contribution in [0, 0.1) is 0 Å². The van der Waals surface area contributed by atoms with Crippen LogP contribution in [-0.2, 0) is 4.74 Å². The molecule has 0 aromatic carbocycles. The molecule has 15 heavy (non-hydrogen) atoms. The van der Waals surface area contributed by atoms with Crippen molar-refractivity contribution in [2.24, 2.45) is 0 Å². The molecule has 0 amide bonds. The maximum absolute atomic E-state index is 5.77. The van der Waals surface area contributed by atoms with E-state index in [1.165, 1.54) is 0 Å².